The van der Waals surface area contributed by atoms with Gasteiger partial charge in [-0.3, -0.25) is 9.78 Å². The highest BCUT2D eigenvalue weighted by atomic mass is 19.1. The number of amides is 1. The summed E-state index contributed by atoms with van der Waals surface area (Å²) in [5.41, 5.74) is 14.0. The van der Waals surface area contributed by atoms with Crippen molar-refractivity contribution in [3.63, 3.8) is 0 Å². The molecule has 0 radical (unpaired) electrons. The van der Waals surface area contributed by atoms with Crippen LogP contribution in [0.15, 0.2) is 30.5 Å². The number of nitrogens with zero attached hydrogens (tertiary/aromatic N) is 3. The van der Waals surface area contributed by atoms with Crippen LogP contribution in [0.25, 0.3) is 11.0 Å². The van der Waals surface area contributed by atoms with Gasteiger partial charge in [0.05, 0.1) is 22.3 Å². The van der Waals surface area contributed by atoms with Crippen LogP contribution in [0.5, 0.6) is 0 Å². The number of aromatic nitrogens is 3. The highest BCUT2D eigenvalue weighted by Gasteiger charge is 2.18. The molecule has 2 heterocycles. The monoisotopic (exact) mass is 383 g/mol. The number of hydrogen-bond donors (Lipinski definition) is 4. The van der Waals surface area contributed by atoms with Crippen molar-refractivity contribution >= 4 is 34.3 Å². The number of hydrogen-bond acceptors (Lipinski definition) is 7. The van der Waals surface area contributed by atoms with Crippen LogP contribution in [0.3, 0.4) is 0 Å². The number of nitrogens with two attached hydrogens (primary N) is 2. The van der Waals surface area contributed by atoms with E-state index in [0.717, 1.165) is 17.3 Å². The lowest BCUT2D eigenvalue weighted by Crippen LogP contribution is -2.35. The molecule has 28 heavy (non-hydrogen) atoms. The summed E-state index contributed by atoms with van der Waals surface area (Å²) in [4.78, 5) is 24.7. The lowest BCUT2D eigenvalue weighted by atomic mass is 10.1. The smallest absolute Gasteiger partial charge is 0.252 e. The second-order valence-corrected chi connectivity index (χ2v) is 6.71. The van der Waals surface area contributed by atoms with Crippen LogP contribution in [0.4, 0.5) is 21.7 Å². The average molecular weight is 383 g/mol. The predicted octanol–water partition coefficient (Wildman–Crippen LogP) is 2.46. The molecule has 0 bridgehead atoms. The number of fused-ring (bicyclic) bond motifs is 1. The molecule has 8 nitrogen and oxygen atoms in total. The van der Waals surface area contributed by atoms with Crippen LogP contribution in [-0.2, 0) is 0 Å². The maximum atomic E-state index is 14.4. The Kier molecular flexibility index (Phi) is 5.36. The third-order valence-corrected chi connectivity index (χ3v) is 4.32. The van der Waals surface area contributed by atoms with Gasteiger partial charge in [-0.1, -0.05) is 0 Å². The molecule has 1 aromatic carbocycles. The second kappa shape index (κ2) is 7.73. The molecule has 3 aromatic rings. The largest absolute Gasteiger partial charge is 0.365 e. The first-order chi connectivity index (χ1) is 13.2. The highest BCUT2D eigenvalue weighted by Crippen LogP contribution is 2.25. The molecule has 0 aliphatic rings. The first-order valence-corrected chi connectivity index (χ1v) is 8.77. The maximum absolute atomic E-state index is 14.4. The van der Waals surface area contributed by atoms with Gasteiger partial charge in [0.1, 0.15) is 5.82 Å². The predicted molar refractivity (Wildman–Crippen MR) is 107 cm³/mol. The van der Waals surface area contributed by atoms with Gasteiger partial charge in [0, 0.05) is 24.0 Å². The Labute approximate surface area is 161 Å². The number of nitrogens with one attached hydrogen (secondary N) is 2. The van der Waals surface area contributed by atoms with Crippen molar-refractivity contribution in [3.8, 4) is 0 Å². The Morgan fingerprint density at radius 2 is 1.89 bits per heavy atom. The zero-order valence-corrected chi connectivity index (χ0v) is 15.8. The Morgan fingerprint density at radius 3 is 2.57 bits per heavy atom. The Bertz CT molecular complexity index is 1040. The molecular weight excluding hydrogens is 361 g/mol. The number of rotatable bonds is 6. The summed E-state index contributed by atoms with van der Waals surface area (Å²) in [6.07, 6.45) is 1.66. The van der Waals surface area contributed by atoms with Gasteiger partial charge >= 0.3 is 0 Å². The van der Waals surface area contributed by atoms with Crippen molar-refractivity contribution in [1.29, 1.82) is 0 Å². The normalized spacial score (nSPS) is 13.2. The number of pyridine rings is 1. The van der Waals surface area contributed by atoms with Gasteiger partial charge in [0.25, 0.3) is 5.91 Å². The van der Waals surface area contributed by atoms with Crippen LogP contribution in [-0.4, -0.2) is 32.9 Å². The van der Waals surface area contributed by atoms with Gasteiger partial charge < -0.3 is 22.1 Å². The quantitative estimate of drug-likeness (QED) is 0.514. The van der Waals surface area contributed by atoms with Crippen LogP contribution in [0, 0.1) is 12.7 Å². The zero-order valence-electron chi connectivity index (χ0n) is 15.8. The van der Waals surface area contributed by atoms with Crippen LogP contribution in [0.1, 0.15) is 29.9 Å². The van der Waals surface area contributed by atoms with E-state index < -0.39 is 11.7 Å². The van der Waals surface area contributed by atoms with E-state index in [-0.39, 0.29) is 29.3 Å². The minimum absolute atomic E-state index is 0.0199. The summed E-state index contributed by atoms with van der Waals surface area (Å²) < 4.78 is 14.4. The van der Waals surface area contributed by atoms with E-state index in [0.29, 0.717) is 11.2 Å². The molecule has 6 N–H and O–H groups in total. The van der Waals surface area contributed by atoms with Crippen molar-refractivity contribution < 1.29 is 9.18 Å². The molecule has 0 saturated heterocycles. The van der Waals surface area contributed by atoms with Crippen molar-refractivity contribution in [2.75, 3.05) is 10.6 Å². The van der Waals surface area contributed by atoms with E-state index in [9.17, 15) is 9.18 Å². The van der Waals surface area contributed by atoms with Crippen molar-refractivity contribution in [2.24, 2.45) is 11.5 Å². The second-order valence-electron chi connectivity index (χ2n) is 6.71. The molecule has 0 fully saturated rings. The van der Waals surface area contributed by atoms with Gasteiger partial charge in [0.2, 0.25) is 0 Å². The number of anilines is 3. The lowest BCUT2D eigenvalue weighted by Gasteiger charge is -2.20. The Hall–Kier alpha value is -3.33. The summed E-state index contributed by atoms with van der Waals surface area (Å²) in [6.45, 7) is 5.47. The minimum atomic E-state index is -0.795. The molecule has 146 valence electrons. The standard InChI is InChI=1S/C19H22FN7O/c1-9-8-23-16-6-12(4-5-15(16)24-9)26-18-13(17(22)28)7-14(20)19(27-18)25-11(3)10(2)21/h4-8,10-11H,21H2,1-3H3,(H2,22,28)(H2,25,26,27)/t10-,11+/m1/s1. The number of primary amides is 1. The first-order valence-electron chi connectivity index (χ1n) is 8.77. The number of carbonyl (C=O) groups is 1. The van der Waals surface area contributed by atoms with Crippen molar-refractivity contribution in [3.05, 3.63) is 47.5 Å². The third kappa shape index (κ3) is 4.15. The number of halogens is 1. The van der Waals surface area contributed by atoms with Crippen LogP contribution in [0.2, 0.25) is 0 Å². The summed E-state index contributed by atoms with van der Waals surface area (Å²) in [5, 5.41) is 5.93. The van der Waals surface area contributed by atoms with E-state index in [1.165, 1.54) is 0 Å². The number of carbonyl (C=O) groups excluding carboxylic acids is 1. The Morgan fingerprint density at radius 1 is 1.14 bits per heavy atom. The molecule has 0 saturated carbocycles. The summed E-state index contributed by atoms with van der Waals surface area (Å²) in [5.74, 6) is -1.37. The molecular formula is C19H22FN7O. The van der Waals surface area contributed by atoms with Crippen molar-refractivity contribution in [2.45, 2.75) is 32.9 Å². The molecule has 0 unspecified atom stereocenters. The highest BCUT2D eigenvalue weighted by molar-refractivity contribution is 5.98. The zero-order chi connectivity index (χ0) is 20.4. The Balaban J connectivity index is 1.99. The summed E-state index contributed by atoms with van der Waals surface area (Å²) in [6, 6.07) is 5.92. The van der Waals surface area contributed by atoms with Gasteiger partial charge in [-0.2, -0.15) is 0 Å². The fourth-order valence-electron chi connectivity index (χ4n) is 2.54. The molecule has 3 rings (SSSR count). The van der Waals surface area contributed by atoms with E-state index in [4.69, 9.17) is 11.5 Å². The van der Waals surface area contributed by atoms with E-state index in [1.807, 2.05) is 13.8 Å². The van der Waals surface area contributed by atoms with Crippen LogP contribution < -0.4 is 22.1 Å². The summed E-state index contributed by atoms with van der Waals surface area (Å²) in [7, 11) is 0. The fourth-order valence-corrected chi connectivity index (χ4v) is 2.54. The van der Waals surface area contributed by atoms with E-state index in [2.05, 4.69) is 25.6 Å². The molecule has 0 spiro atoms. The number of aryl methyl sites for hydroxylation is 1. The van der Waals surface area contributed by atoms with Gasteiger partial charge in [-0.25, -0.2) is 14.4 Å². The van der Waals surface area contributed by atoms with Gasteiger partial charge in [-0.15, -0.1) is 0 Å². The average Bonchev–Trinajstić information content (AvgIpc) is 2.63. The molecule has 0 aliphatic carbocycles. The molecule has 2 aromatic heterocycles. The van der Waals surface area contributed by atoms with Gasteiger partial charge in [0.15, 0.2) is 11.6 Å². The van der Waals surface area contributed by atoms with E-state index in [1.54, 1.807) is 31.3 Å². The third-order valence-electron chi connectivity index (χ3n) is 4.32. The van der Waals surface area contributed by atoms with Crippen LogP contribution >= 0.6 is 0 Å². The molecule has 1 amide bonds. The van der Waals surface area contributed by atoms with Crippen molar-refractivity contribution in [1.82, 2.24) is 15.0 Å². The maximum Gasteiger partial charge on any atom is 0.252 e. The molecule has 0 aliphatic heterocycles. The topological polar surface area (TPSA) is 132 Å². The fraction of sp³-hybridized carbons (Fsp3) is 0.263. The molecule has 9 heteroatoms. The van der Waals surface area contributed by atoms with E-state index >= 15 is 0 Å². The molecule has 2 atom stereocenters. The van der Waals surface area contributed by atoms with Gasteiger partial charge in [-0.05, 0) is 45.0 Å². The lowest BCUT2D eigenvalue weighted by molar-refractivity contribution is 0.100. The SMILES string of the molecule is Cc1cnc2cc(Nc3nc(N[C@@H](C)[C@@H](C)N)c(F)cc3C(N)=O)ccc2n1. The first kappa shape index (κ1) is 19.4. The minimum Gasteiger partial charge on any atom is -0.365 e. The summed E-state index contributed by atoms with van der Waals surface area (Å²) >= 11 is 0. The number of benzene rings is 1.